The maximum atomic E-state index is 13.5. The van der Waals surface area contributed by atoms with Crippen molar-refractivity contribution in [3.63, 3.8) is 0 Å². The molecule has 1 aliphatic heterocycles. The second-order valence-electron chi connectivity index (χ2n) is 10.9. The summed E-state index contributed by atoms with van der Waals surface area (Å²) in [5, 5.41) is 29.1. The van der Waals surface area contributed by atoms with E-state index < -0.39 is 24.2 Å². The number of benzene rings is 2. The van der Waals surface area contributed by atoms with Gasteiger partial charge in [0.25, 0.3) is 5.91 Å². The molecule has 12 heteroatoms. The Bertz CT molecular complexity index is 1390. The first-order valence-corrected chi connectivity index (χ1v) is 15.5. The lowest BCUT2D eigenvalue weighted by Gasteiger charge is -2.30. The number of nitrogens with one attached hydrogen (secondary N) is 2. The molecule has 2 aromatic carbocycles. The first-order chi connectivity index (χ1) is 20.4. The van der Waals surface area contributed by atoms with Crippen LogP contribution in [0.2, 0.25) is 0 Å². The molecule has 222 valence electrons. The van der Waals surface area contributed by atoms with Gasteiger partial charge < -0.3 is 20.6 Å². The number of amides is 3. The molecule has 1 saturated carbocycles. The number of aliphatic imine (C=N–C) groups is 1. The lowest BCUT2D eigenvalue weighted by Crippen LogP contribution is -2.51. The van der Waals surface area contributed by atoms with Crippen LogP contribution in [0.15, 0.2) is 64.7 Å². The highest BCUT2D eigenvalue weighted by atomic mass is 32.2. The molecule has 0 bridgehead atoms. The molecule has 3 N–H and O–H groups in total. The number of carbonyl (C=O) groups is 2. The number of likely N-dealkylation sites (N-methyl/N-ethyl adjacent to an activating group) is 1. The quantitative estimate of drug-likeness (QED) is 0.309. The molecule has 3 atom stereocenters. The zero-order chi connectivity index (χ0) is 29.5. The SMILES string of the molecule is CN1C(=O)C(CNC(=O)N[C@@H](CC2CCCCC2)C(O)CSc2nnnn2C)N=C(c2ccccc2)c2ccccc21. The number of carbonyl (C=O) groups excluding carboxylic acids is 2. The zero-order valence-electron chi connectivity index (χ0n) is 24.0. The fraction of sp³-hybridized carbons (Fsp3) is 0.467. The Morgan fingerprint density at radius 1 is 1.07 bits per heavy atom. The molecule has 3 amide bonds. The Balaban J connectivity index is 1.29. The third-order valence-corrected chi connectivity index (χ3v) is 9.09. The summed E-state index contributed by atoms with van der Waals surface area (Å²) >= 11 is 1.35. The monoisotopic (exact) mass is 590 g/mol. The normalized spacial score (nSPS) is 18.9. The van der Waals surface area contributed by atoms with Gasteiger partial charge in [0.05, 0.1) is 30.1 Å². The summed E-state index contributed by atoms with van der Waals surface area (Å²) in [4.78, 5) is 33.2. The molecule has 2 unspecified atom stereocenters. The van der Waals surface area contributed by atoms with E-state index in [0.717, 1.165) is 29.7 Å². The molecule has 0 radical (unpaired) electrons. The minimum atomic E-state index is -0.816. The maximum Gasteiger partial charge on any atom is 0.315 e. The van der Waals surface area contributed by atoms with Crippen LogP contribution >= 0.6 is 11.8 Å². The van der Waals surface area contributed by atoms with Crippen molar-refractivity contribution < 1.29 is 14.7 Å². The van der Waals surface area contributed by atoms with Crippen molar-refractivity contribution in [1.29, 1.82) is 0 Å². The van der Waals surface area contributed by atoms with E-state index >= 15 is 0 Å². The van der Waals surface area contributed by atoms with Gasteiger partial charge in [-0.2, -0.15) is 0 Å². The van der Waals surface area contributed by atoms with E-state index in [9.17, 15) is 14.7 Å². The number of aryl methyl sites for hydroxylation is 1. The van der Waals surface area contributed by atoms with Gasteiger partial charge in [0.15, 0.2) is 0 Å². The summed E-state index contributed by atoms with van der Waals surface area (Å²) in [6.07, 6.45) is 5.62. The van der Waals surface area contributed by atoms with Crippen LogP contribution in [-0.4, -0.2) is 80.5 Å². The fourth-order valence-electron chi connectivity index (χ4n) is 5.67. The van der Waals surface area contributed by atoms with Crippen LogP contribution in [0, 0.1) is 5.92 Å². The van der Waals surface area contributed by atoms with Crippen molar-refractivity contribution in [3.8, 4) is 0 Å². The second kappa shape index (κ2) is 13.9. The number of hydrogen-bond acceptors (Lipinski definition) is 8. The van der Waals surface area contributed by atoms with Crippen LogP contribution in [0.5, 0.6) is 0 Å². The first-order valence-electron chi connectivity index (χ1n) is 14.5. The minimum Gasteiger partial charge on any atom is -0.390 e. The number of anilines is 1. The summed E-state index contributed by atoms with van der Waals surface area (Å²) < 4.78 is 1.55. The smallest absolute Gasteiger partial charge is 0.315 e. The Hall–Kier alpha value is -3.77. The fourth-order valence-corrected chi connectivity index (χ4v) is 6.54. The number of aliphatic hydroxyl groups is 1. The van der Waals surface area contributed by atoms with Crippen molar-refractivity contribution in [3.05, 3.63) is 65.7 Å². The number of aromatic nitrogens is 4. The molecule has 2 heterocycles. The molecule has 0 saturated heterocycles. The van der Waals surface area contributed by atoms with Crippen LogP contribution in [0.3, 0.4) is 0 Å². The molecule has 5 rings (SSSR count). The molecular weight excluding hydrogens is 552 g/mol. The zero-order valence-corrected chi connectivity index (χ0v) is 24.8. The number of nitrogens with zero attached hydrogens (tertiary/aromatic N) is 6. The minimum absolute atomic E-state index is 0.0188. The highest BCUT2D eigenvalue weighted by Gasteiger charge is 2.31. The Labute approximate surface area is 250 Å². The molecule has 11 nitrogen and oxygen atoms in total. The number of hydrogen-bond donors (Lipinski definition) is 3. The van der Waals surface area contributed by atoms with Gasteiger partial charge in [-0.25, -0.2) is 9.48 Å². The Morgan fingerprint density at radius 3 is 2.55 bits per heavy atom. The standard InChI is InChI=1S/C30H38N8O3S/c1-37-25-16-10-9-15-22(25)27(21-13-7-4-8-14-21)32-24(28(37)40)18-31-29(41)33-23(17-20-11-5-3-6-12-20)26(39)19-42-30-34-35-36-38(30)2/h4,7-10,13-16,20,23-24,26,39H,3,5-6,11-12,17-19H2,1-2H3,(H2,31,33,41)/t23-,24?,26?/m0/s1. The molecule has 1 aromatic heterocycles. The summed E-state index contributed by atoms with van der Waals surface area (Å²) in [5.74, 6) is 0.566. The molecule has 1 fully saturated rings. The predicted octanol–water partition coefficient (Wildman–Crippen LogP) is 3.18. The third-order valence-electron chi connectivity index (χ3n) is 7.98. The van der Waals surface area contributed by atoms with Crippen LogP contribution in [0.1, 0.15) is 49.7 Å². The topological polar surface area (TPSA) is 138 Å². The van der Waals surface area contributed by atoms with Gasteiger partial charge in [0, 0.05) is 31.0 Å². The second-order valence-corrected chi connectivity index (χ2v) is 11.9. The van der Waals surface area contributed by atoms with E-state index in [1.165, 1.54) is 31.0 Å². The maximum absolute atomic E-state index is 13.5. The highest BCUT2D eigenvalue weighted by Crippen LogP contribution is 2.29. The van der Waals surface area contributed by atoms with Gasteiger partial charge in [0.1, 0.15) is 6.04 Å². The number of rotatable bonds is 10. The van der Waals surface area contributed by atoms with Crippen molar-refractivity contribution in [1.82, 2.24) is 30.8 Å². The van der Waals surface area contributed by atoms with Crippen LogP contribution < -0.4 is 15.5 Å². The number of aliphatic hydroxyl groups excluding tert-OH is 1. The average Bonchev–Trinajstić information content (AvgIpc) is 3.40. The first kappa shape index (κ1) is 29.7. The van der Waals surface area contributed by atoms with Crippen molar-refractivity contribution in [2.45, 2.75) is 61.9 Å². The van der Waals surface area contributed by atoms with Gasteiger partial charge in [-0.3, -0.25) is 9.79 Å². The van der Waals surface area contributed by atoms with E-state index in [1.807, 2.05) is 54.6 Å². The van der Waals surface area contributed by atoms with Crippen LogP contribution in [0.25, 0.3) is 0 Å². The molecule has 2 aliphatic rings. The summed E-state index contributed by atoms with van der Waals surface area (Å²) in [7, 11) is 3.48. The van der Waals surface area contributed by atoms with Gasteiger partial charge in [-0.05, 0) is 28.8 Å². The molecular formula is C30H38N8O3S. The number of para-hydroxylation sites is 1. The Kier molecular flexibility index (Phi) is 9.85. The molecule has 3 aromatic rings. The van der Waals surface area contributed by atoms with Gasteiger partial charge in [-0.1, -0.05) is 92.4 Å². The van der Waals surface area contributed by atoms with E-state index in [4.69, 9.17) is 4.99 Å². The number of urea groups is 1. The number of tetrazole rings is 1. The van der Waals surface area contributed by atoms with Gasteiger partial charge >= 0.3 is 6.03 Å². The van der Waals surface area contributed by atoms with Gasteiger partial charge in [0.2, 0.25) is 5.16 Å². The third kappa shape index (κ3) is 7.16. The lowest BCUT2D eigenvalue weighted by molar-refractivity contribution is -0.119. The van der Waals surface area contributed by atoms with Gasteiger partial charge in [-0.15, -0.1) is 5.10 Å². The lowest BCUT2D eigenvalue weighted by atomic mass is 9.84. The Morgan fingerprint density at radius 2 is 1.81 bits per heavy atom. The largest absolute Gasteiger partial charge is 0.390 e. The van der Waals surface area contributed by atoms with Crippen LogP contribution in [0.4, 0.5) is 10.5 Å². The van der Waals surface area contributed by atoms with E-state index in [0.29, 0.717) is 29.0 Å². The van der Waals surface area contributed by atoms with E-state index in [-0.39, 0.29) is 12.5 Å². The number of thioether (sulfide) groups is 1. The average molecular weight is 591 g/mol. The highest BCUT2D eigenvalue weighted by molar-refractivity contribution is 7.99. The van der Waals surface area contributed by atoms with Crippen molar-refractivity contribution >= 4 is 35.1 Å². The summed E-state index contributed by atoms with van der Waals surface area (Å²) in [6, 6.07) is 15.7. The van der Waals surface area contributed by atoms with Crippen molar-refractivity contribution in [2.75, 3.05) is 24.2 Å². The van der Waals surface area contributed by atoms with Crippen LogP contribution in [-0.2, 0) is 11.8 Å². The molecule has 1 aliphatic carbocycles. The van der Waals surface area contributed by atoms with E-state index in [2.05, 4.69) is 26.2 Å². The molecule has 42 heavy (non-hydrogen) atoms. The summed E-state index contributed by atoms with van der Waals surface area (Å²) in [6.45, 7) is 0.0188. The number of fused-ring (bicyclic) bond motifs is 1. The number of benzodiazepines with no additional fused rings is 1. The predicted molar refractivity (Wildman–Crippen MR) is 163 cm³/mol. The van der Waals surface area contributed by atoms with E-state index in [1.54, 1.807) is 23.7 Å². The summed E-state index contributed by atoms with van der Waals surface area (Å²) in [5.41, 5.74) is 3.23. The van der Waals surface area contributed by atoms with Crippen molar-refractivity contribution in [2.24, 2.45) is 18.0 Å². The molecule has 0 spiro atoms.